The van der Waals surface area contributed by atoms with E-state index in [9.17, 15) is 15.2 Å². The minimum absolute atomic E-state index is 0.126. The maximum atomic E-state index is 13.9. The topological polar surface area (TPSA) is 74.2 Å². The number of hydrogen-bond acceptors (Lipinski definition) is 4. The molecule has 166 valence electrons. The summed E-state index contributed by atoms with van der Waals surface area (Å²) in [4.78, 5) is 13.9. The number of aliphatic hydroxyl groups is 1. The van der Waals surface area contributed by atoms with Gasteiger partial charge in [0.05, 0.1) is 18.4 Å². The van der Waals surface area contributed by atoms with Gasteiger partial charge in [-0.15, -0.1) is 0 Å². The molecule has 4 aliphatic rings. The van der Waals surface area contributed by atoms with E-state index in [1.807, 2.05) is 18.2 Å². The summed E-state index contributed by atoms with van der Waals surface area (Å²) < 4.78 is 5.50. The number of rotatable bonds is 3. The highest BCUT2D eigenvalue weighted by atomic mass is 16.3. The molecule has 31 heavy (non-hydrogen) atoms. The van der Waals surface area contributed by atoms with Crippen molar-refractivity contribution in [3.05, 3.63) is 29.7 Å². The lowest BCUT2D eigenvalue weighted by molar-refractivity contribution is -0.157. The van der Waals surface area contributed by atoms with E-state index in [1.54, 1.807) is 6.26 Å². The van der Waals surface area contributed by atoms with Gasteiger partial charge in [-0.2, -0.15) is 5.26 Å². The van der Waals surface area contributed by atoms with Crippen molar-refractivity contribution in [3.63, 3.8) is 0 Å². The average Bonchev–Trinajstić information content (AvgIpc) is 3.28. The normalized spacial score (nSPS) is 43.6. The van der Waals surface area contributed by atoms with Crippen molar-refractivity contribution >= 4 is 11.9 Å². The maximum absolute atomic E-state index is 13.9. The van der Waals surface area contributed by atoms with Crippen LogP contribution in [0.25, 0.3) is 6.08 Å². The number of nitriles is 1. The first-order chi connectivity index (χ1) is 15.0. The standard InChI is InChI=1S/C27H35NO3/c1-26-12-9-20(29)17-19(26)6-7-22-23(26)10-13-27(11-3-14-28)24(22)8-5-18(25(27)30)16-21-4-2-15-31-21/h2,4,15-16,19-20,22-24,29H,3,5-13,17H2,1H3/b18-16+. The maximum Gasteiger partial charge on any atom is 0.165 e. The minimum Gasteiger partial charge on any atom is -0.465 e. The number of hydrogen-bond donors (Lipinski definition) is 1. The molecule has 0 saturated heterocycles. The molecule has 7 atom stereocenters. The Kier molecular flexibility index (Phi) is 5.37. The van der Waals surface area contributed by atoms with Crippen molar-refractivity contribution in [2.45, 2.75) is 83.7 Å². The lowest BCUT2D eigenvalue weighted by atomic mass is 9.42. The molecule has 0 spiro atoms. The largest absolute Gasteiger partial charge is 0.465 e. The number of Topliss-reactive ketones (excluding diaryl/α,β-unsaturated/α-hetero) is 1. The van der Waals surface area contributed by atoms with E-state index in [0.29, 0.717) is 47.7 Å². The molecule has 1 N–H and O–H groups in total. The Morgan fingerprint density at radius 2 is 2.10 bits per heavy atom. The highest BCUT2D eigenvalue weighted by molar-refractivity contribution is 6.04. The second kappa shape index (κ2) is 7.93. The van der Waals surface area contributed by atoms with Crippen LogP contribution in [-0.4, -0.2) is 17.0 Å². The van der Waals surface area contributed by atoms with E-state index < -0.39 is 0 Å². The van der Waals surface area contributed by atoms with Gasteiger partial charge < -0.3 is 9.52 Å². The summed E-state index contributed by atoms with van der Waals surface area (Å²) in [5.41, 5.74) is 0.824. The fraction of sp³-hybridized carbons (Fsp3) is 0.704. The van der Waals surface area contributed by atoms with Crippen LogP contribution in [0.1, 0.15) is 83.3 Å². The molecule has 1 aromatic rings. The van der Waals surface area contributed by atoms with Crippen LogP contribution in [0.3, 0.4) is 0 Å². The molecular weight excluding hydrogens is 386 g/mol. The van der Waals surface area contributed by atoms with Crippen molar-refractivity contribution in [3.8, 4) is 6.07 Å². The van der Waals surface area contributed by atoms with Crippen molar-refractivity contribution in [1.29, 1.82) is 5.26 Å². The molecule has 4 fully saturated rings. The summed E-state index contributed by atoms with van der Waals surface area (Å²) in [6.07, 6.45) is 13.9. The zero-order valence-electron chi connectivity index (χ0n) is 18.7. The lowest BCUT2D eigenvalue weighted by Gasteiger charge is -2.62. The molecule has 7 unspecified atom stereocenters. The molecule has 4 nitrogen and oxygen atoms in total. The Bertz CT molecular complexity index is 896. The van der Waals surface area contributed by atoms with E-state index in [4.69, 9.17) is 4.42 Å². The molecule has 4 aliphatic carbocycles. The predicted octanol–water partition coefficient (Wildman–Crippen LogP) is 5.92. The van der Waals surface area contributed by atoms with E-state index in [0.717, 1.165) is 56.3 Å². The molecule has 1 heterocycles. The van der Waals surface area contributed by atoms with Crippen LogP contribution in [0, 0.1) is 45.8 Å². The van der Waals surface area contributed by atoms with Gasteiger partial charge in [0.25, 0.3) is 0 Å². The van der Waals surface area contributed by atoms with Gasteiger partial charge in [0, 0.05) is 11.8 Å². The van der Waals surface area contributed by atoms with Crippen LogP contribution >= 0.6 is 0 Å². The van der Waals surface area contributed by atoms with Gasteiger partial charge >= 0.3 is 0 Å². The molecule has 0 bridgehead atoms. The first-order valence-corrected chi connectivity index (χ1v) is 12.3. The second-order valence-electron chi connectivity index (χ2n) is 11.0. The average molecular weight is 422 g/mol. The molecule has 0 aliphatic heterocycles. The van der Waals surface area contributed by atoms with E-state index in [2.05, 4.69) is 13.0 Å². The van der Waals surface area contributed by atoms with E-state index in [1.165, 1.54) is 12.8 Å². The third-order valence-corrected chi connectivity index (χ3v) is 9.86. The zero-order valence-corrected chi connectivity index (χ0v) is 18.7. The smallest absolute Gasteiger partial charge is 0.165 e. The summed E-state index contributed by atoms with van der Waals surface area (Å²) in [6.45, 7) is 2.48. The molecule has 1 aromatic heterocycles. The quantitative estimate of drug-likeness (QED) is 0.615. The zero-order chi connectivity index (χ0) is 21.6. The minimum atomic E-state index is -0.370. The SMILES string of the molecule is CC12CCC(O)CC1CCC1C3CC/C(=C\c4ccco4)C(=O)C3(CCC#N)CCC12. The first kappa shape index (κ1) is 21.0. The number of nitrogens with zero attached hydrogens (tertiary/aromatic N) is 1. The third-order valence-electron chi connectivity index (χ3n) is 9.86. The van der Waals surface area contributed by atoms with Crippen LogP contribution < -0.4 is 0 Å². The second-order valence-corrected chi connectivity index (χ2v) is 11.0. The monoisotopic (exact) mass is 421 g/mol. The number of fused-ring (bicyclic) bond motifs is 5. The Morgan fingerprint density at radius 3 is 2.87 bits per heavy atom. The van der Waals surface area contributed by atoms with Crippen molar-refractivity contribution in [2.24, 2.45) is 34.5 Å². The van der Waals surface area contributed by atoms with Crippen molar-refractivity contribution < 1.29 is 14.3 Å². The molecule has 4 heteroatoms. The highest BCUT2D eigenvalue weighted by Crippen LogP contribution is 2.66. The van der Waals surface area contributed by atoms with Gasteiger partial charge in [-0.3, -0.25) is 4.79 Å². The predicted molar refractivity (Wildman–Crippen MR) is 119 cm³/mol. The molecule has 4 saturated carbocycles. The summed E-state index contributed by atoms with van der Waals surface area (Å²) in [7, 11) is 0. The summed E-state index contributed by atoms with van der Waals surface area (Å²) in [5.74, 6) is 3.29. The molecule has 5 rings (SSSR count). The molecule has 0 aromatic carbocycles. The fourth-order valence-electron chi connectivity index (χ4n) is 8.35. The number of furan rings is 1. The first-order valence-electron chi connectivity index (χ1n) is 12.3. The number of aliphatic hydroxyl groups excluding tert-OH is 1. The summed E-state index contributed by atoms with van der Waals surface area (Å²) >= 11 is 0. The van der Waals surface area contributed by atoms with E-state index >= 15 is 0 Å². The highest BCUT2D eigenvalue weighted by Gasteiger charge is 2.61. The fourth-order valence-corrected chi connectivity index (χ4v) is 8.35. The summed E-state index contributed by atoms with van der Waals surface area (Å²) in [5, 5.41) is 19.6. The van der Waals surface area contributed by atoms with Crippen molar-refractivity contribution in [1.82, 2.24) is 0 Å². The Labute approximate surface area is 185 Å². The number of allylic oxidation sites excluding steroid dienone is 1. The van der Waals surface area contributed by atoms with Crippen LogP contribution in [-0.2, 0) is 4.79 Å². The Morgan fingerprint density at radius 1 is 1.23 bits per heavy atom. The molecule has 0 radical (unpaired) electrons. The van der Waals surface area contributed by atoms with Crippen LogP contribution in [0.4, 0.5) is 0 Å². The van der Waals surface area contributed by atoms with Gasteiger partial charge in [-0.25, -0.2) is 0 Å². The number of carbonyl (C=O) groups excluding carboxylic acids is 1. The number of ketones is 1. The van der Waals surface area contributed by atoms with Crippen molar-refractivity contribution in [2.75, 3.05) is 0 Å². The Hall–Kier alpha value is -1.86. The van der Waals surface area contributed by atoms with E-state index in [-0.39, 0.29) is 11.5 Å². The van der Waals surface area contributed by atoms with Crippen LogP contribution in [0.2, 0.25) is 0 Å². The molecule has 0 amide bonds. The molecular formula is C27H35NO3. The third kappa shape index (κ3) is 3.32. The number of carbonyl (C=O) groups is 1. The van der Waals surface area contributed by atoms with Gasteiger partial charge in [0.15, 0.2) is 5.78 Å². The van der Waals surface area contributed by atoms with Gasteiger partial charge in [-0.05, 0) is 117 Å². The lowest BCUT2D eigenvalue weighted by Crippen LogP contribution is -2.57. The van der Waals surface area contributed by atoms with Gasteiger partial charge in [-0.1, -0.05) is 6.92 Å². The summed E-state index contributed by atoms with van der Waals surface area (Å²) in [6, 6.07) is 6.10. The van der Waals surface area contributed by atoms with Crippen LogP contribution in [0.5, 0.6) is 0 Å². The Balaban J connectivity index is 1.47. The van der Waals surface area contributed by atoms with Gasteiger partial charge in [0.2, 0.25) is 0 Å². The van der Waals surface area contributed by atoms with Gasteiger partial charge in [0.1, 0.15) is 5.76 Å². The van der Waals surface area contributed by atoms with Crippen LogP contribution in [0.15, 0.2) is 28.4 Å².